The second-order valence-corrected chi connectivity index (χ2v) is 9.48. The molecule has 26 heavy (non-hydrogen) atoms. The first kappa shape index (κ1) is 18.6. The van der Waals surface area contributed by atoms with Crippen LogP contribution < -0.4 is 5.32 Å². The molecule has 2 aromatic rings. The van der Waals surface area contributed by atoms with Crippen molar-refractivity contribution in [3.63, 3.8) is 0 Å². The van der Waals surface area contributed by atoms with Gasteiger partial charge in [0.1, 0.15) is 0 Å². The van der Waals surface area contributed by atoms with Crippen molar-refractivity contribution in [1.82, 2.24) is 9.78 Å². The van der Waals surface area contributed by atoms with Gasteiger partial charge in [-0.15, -0.1) is 0 Å². The summed E-state index contributed by atoms with van der Waals surface area (Å²) < 4.78 is 25.3. The topological polar surface area (TPSA) is 81.1 Å². The highest BCUT2D eigenvalue weighted by Crippen LogP contribution is 2.27. The van der Waals surface area contributed by atoms with Gasteiger partial charge in [-0.3, -0.25) is 9.48 Å². The predicted octanol–water partition coefficient (Wildman–Crippen LogP) is 2.66. The minimum atomic E-state index is -2.98. The van der Waals surface area contributed by atoms with Crippen LogP contribution in [0.15, 0.2) is 18.2 Å². The molecule has 6 nitrogen and oxygen atoms in total. The molecular formula is C19H25N3O3S. The molecule has 1 fully saturated rings. The fraction of sp³-hybridized carbons (Fsp3) is 0.474. The van der Waals surface area contributed by atoms with E-state index < -0.39 is 9.84 Å². The van der Waals surface area contributed by atoms with E-state index in [9.17, 15) is 13.2 Å². The Morgan fingerprint density at radius 3 is 2.42 bits per heavy atom. The Bertz CT molecular complexity index is 940. The molecule has 1 amide bonds. The highest BCUT2D eigenvalue weighted by Gasteiger charge is 2.31. The molecule has 0 aliphatic carbocycles. The summed E-state index contributed by atoms with van der Waals surface area (Å²) in [4.78, 5) is 12.5. The van der Waals surface area contributed by atoms with Crippen molar-refractivity contribution in [2.45, 2.75) is 46.6 Å². The molecule has 1 saturated heterocycles. The Kier molecular flexibility index (Phi) is 4.92. The van der Waals surface area contributed by atoms with E-state index in [1.807, 2.05) is 39.8 Å². The number of hydrogen-bond donors (Lipinski definition) is 1. The Balaban J connectivity index is 1.76. The van der Waals surface area contributed by atoms with Gasteiger partial charge in [0.05, 0.1) is 29.7 Å². The van der Waals surface area contributed by atoms with E-state index >= 15 is 0 Å². The SMILES string of the molecule is Cc1cc(C)cc(NC(=O)Cc2c(C)nn(C3CCS(=O)(=O)C3)c2C)c1. The lowest BCUT2D eigenvalue weighted by atomic mass is 10.1. The van der Waals surface area contributed by atoms with Crippen molar-refractivity contribution in [3.8, 4) is 0 Å². The Labute approximate surface area is 154 Å². The van der Waals surface area contributed by atoms with E-state index in [4.69, 9.17) is 0 Å². The number of anilines is 1. The number of rotatable bonds is 4. The van der Waals surface area contributed by atoms with E-state index in [1.54, 1.807) is 4.68 Å². The van der Waals surface area contributed by atoms with Gasteiger partial charge in [0.15, 0.2) is 9.84 Å². The number of amides is 1. The van der Waals surface area contributed by atoms with Gasteiger partial charge in [-0.05, 0) is 57.4 Å². The predicted molar refractivity (Wildman–Crippen MR) is 102 cm³/mol. The lowest BCUT2D eigenvalue weighted by Gasteiger charge is -2.12. The first-order chi connectivity index (χ1) is 12.1. The second kappa shape index (κ2) is 6.87. The molecule has 0 saturated carbocycles. The number of hydrogen-bond acceptors (Lipinski definition) is 4. The summed E-state index contributed by atoms with van der Waals surface area (Å²) in [6, 6.07) is 5.81. The first-order valence-corrected chi connectivity index (χ1v) is 10.6. The second-order valence-electron chi connectivity index (χ2n) is 7.25. The molecular weight excluding hydrogens is 350 g/mol. The number of aromatic nitrogens is 2. The smallest absolute Gasteiger partial charge is 0.228 e. The van der Waals surface area contributed by atoms with Gasteiger partial charge in [0, 0.05) is 16.9 Å². The summed E-state index contributed by atoms with van der Waals surface area (Å²) in [6.07, 6.45) is 0.808. The van der Waals surface area contributed by atoms with Gasteiger partial charge in [-0.25, -0.2) is 8.42 Å². The van der Waals surface area contributed by atoms with Crippen molar-refractivity contribution in [2.75, 3.05) is 16.8 Å². The number of sulfone groups is 1. The average Bonchev–Trinajstić information content (AvgIpc) is 3.00. The van der Waals surface area contributed by atoms with Crippen molar-refractivity contribution in [2.24, 2.45) is 0 Å². The van der Waals surface area contributed by atoms with E-state index in [0.29, 0.717) is 6.42 Å². The lowest BCUT2D eigenvalue weighted by Crippen LogP contribution is -2.16. The zero-order valence-corrected chi connectivity index (χ0v) is 16.5. The summed E-state index contributed by atoms with van der Waals surface area (Å²) >= 11 is 0. The fourth-order valence-corrected chi connectivity index (χ4v) is 5.38. The summed E-state index contributed by atoms with van der Waals surface area (Å²) in [6.45, 7) is 7.77. The van der Waals surface area contributed by atoms with Gasteiger partial charge in [-0.1, -0.05) is 6.07 Å². The fourth-order valence-electron chi connectivity index (χ4n) is 3.69. The molecule has 0 radical (unpaired) electrons. The third-order valence-electron chi connectivity index (χ3n) is 4.87. The van der Waals surface area contributed by atoms with Crippen LogP contribution in [-0.4, -0.2) is 35.6 Å². The molecule has 1 unspecified atom stereocenters. The van der Waals surface area contributed by atoms with Gasteiger partial charge in [-0.2, -0.15) is 5.10 Å². The molecule has 1 N–H and O–H groups in total. The Morgan fingerprint density at radius 2 is 1.85 bits per heavy atom. The third kappa shape index (κ3) is 3.98. The largest absolute Gasteiger partial charge is 0.326 e. The number of nitrogens with one attached hydrogen (secondary N) is 1. The molecule has 0 bridgehead atoms. The van der Waals surface area contributed by atoms with Gasteiger partial charge in [0.25, 0.3) is 0 Å². The highest BCUT2D eigenvalue weighted by atomic mass is 32.2. The summed E-state index contributed by atoms with van der Waals surface area (Å²) in [7, 11) is -2.98. The van der Waals surface area contributed by atoms with Crippen LogP contribution in [0, 0.1) is 27.7 Å². The average molecular weight is 375 g/mol. The van der Waals surface area contributed by atoms with Crippen LogP contribution in [0.4, 0.5) is 5.69 Å². The van der Waals surface area contributed by atoms with Crippen LogP contribution in [0.2, 0.25) is 0 Å². The van der Waals surface area contributed by atoms with Crippen molar-refractivity contribution >= 4 is 21.4 Å². The van der Waals surface area contributed by atoms with Crippen LogP contribution >= 0.6 is 0 Å². The molecule has 7 heteroatoms. The third-order valence-corrected chi connectivity index (χ3v) is 6.62. The number of carbonyl (C=O) groups is 1. The van der Waals surface area contributed by atoms with Crippen molar-refractivity contribution < 1.29 is 13.2 Å². The van der Waals surface area contributed by atoms with Crippen LogP contribution in [0.25, 0.3) is 0 Å². The zero-order chi connectivity index (χ0) is 19.1. The van der Waals surface area contributed by atoms with Gasteiger partial charge in [0.2, 0.25) is 5.91 Å². The van der Waals surface area contributed by atoms with Crippen molar-refractivity contribution in [3.05, 3.63) is 46.3 Å². The van der Waals surface area contributed by atoms with Crippen LogP contribution in [0.5, 0.6) is 0 Å². The van der Waals surface area contributed by atoms with Crippen molar-refractivity contribution in [1.29, 1.82) is 0 Å². The highest BCUT2D eigenvalue weighted by molar-refractivity contribution is 7.91. The van der Waals surface area contributed by atoms with Crippen LogP contribution in [0.1, 0.15) is 40.5 Å². The molecule has 1 aliphatic rings. The first-order valence-electron chi connectivity index (χ1n) is 8.78. The maximum absolute atomic E-state index is 12.5. The zero-order valence-electron chi connectivity index (χ0n) is 15.7. The molecule has 1 aromatic carbocycles. The molecule has 1 aromatic heterocycles. The van der Waals surface area contributed by atoms with Gasteiger partial charge < -0.3 is 5.32 Å². The number of nitrogens with zero attached hydrogens (tertiary/aromatic N) is 2. The number of benzene rings is 1. The van der Waals surface area contributed by atoms with Crippen LogP contribution in [-0.2, 0) is 21.1 Å². The molecule has 3 rings (SSSR count). The Morgan fingerprint density at radius 1 is 1.19 bits per heavy atom. The normalized spacial score (nSPS) is 18.8. The summed E-state index contributed by atoms with van der Waals surface area (Å²) in [5.41, 5.74) is 5.52. The van der Waals surface area contributed by atoms with Gasteiger partial charge >= 0.3 is 0 Å². The monoisotopic (exact) mass is 375 g/mol. The molecule has 0 spiro atoms. The van der Waals surface area contributed by atoms with Crippen LogP contribution in [0.3, 0.4) is 0 Å². The van der Waals surface area contributed by atoms with E-state index in [-0.39, 0.29) is 29.9 Å². The minimum absolute atomic E-state index is 0.0974. The molecule has 1 aliphatic heterocycles. The number of aryl methyl sites for hydroxylation is 3. The maximum atomic E-state index is 12.5. The minimum Gasteiger partial charge on any atom is -0.326 e. The number of carbonyl (C=O) groups excluding carboxylic acids is 1. The van der Waals surface area contributed by atoms with E-state index in [0.717, 1.165) is 33.8 Å². The lowest BCUT2D eigenvalue weighted by molar-refractivity contribution is -0.115. The summed E-state index contributed by atoms with van der Waals surface area (Å²) in [5.74, 6) is 0.238. The standard InChI is InChI=1S/C19H25N3O3S/c1-12-7-13(2)9-16(8-12)20-19(23)10-18-14(3)21-22(15(18)4)17-5-6-26(24,25)11-17/h7-9,17H,5-6,10-11H2,1-4H3,(H,20,23). The van der Waals surface area contributed by atoms with E-state index in [2.05, 4.69) is 16.5 Å². The Hall–Kier alpha value is -2.15. The molecule has 140 valence electrons. The maximum Gasteiger partial charge on any atom is 0.228 e. The van der Waals surface area contributed by atoms with E-state index in [1.165, 1.54) is 0 Å². The quantitative estimate of drug-likeness (QED) is 0.891. The molecule has 1 atom stereocenters. The summed E-state index contributed by atoms with van der Waals surface area (Å²) in [5, 5.41) is 7.46. The molecule has 2 heterocycles.